The van der Waals surface area contributed by atoms with Gasteiger partial charge < -0.3 is 10.6 Å². The van der Waals surface area contributed by atoms with Crippen molar-refractivity contribution in [3.05, 3.63) is 29.8 Å². The molecule has 0 bridgehead atoms. The number of benzene rings is 1. The second-order valence-electron chi connectivity index (χ2n) is 8.59. The molecular formula is C22H29N3O4. The molecule has 4 amide bonds. The average Bonchev–Trinajstić information content (AvgIpc) is 2.89. The average molecular weight is 399 g/mol. The lowest BCUT2D eigenvalue weighted by atomic mass is 9.73. The van der Waals surface area contributed by atoms with Gasteiger partial charge in [0.25, 0.3) is 5.91 Å². The van der Waals surface area contributed by atoms with Crippen LogP contribution in [0.15, 0.2) is 24.3 Å². The minimum Gasteiger partial charge on any atom is -0.326 e. The molecule has 1 aromatic carbocycles. The summed E-state index contributed by atoms with van der Waals surface area (Å²) in [7, 11) is 0. The molecule has 2 aliphatic rings. The number of imide groups is 1. The third-order valence-electron chi connectivity index (χ3n) is 5.89. The molecule has 1 saturated carbocycles. The largest absolute Gasteiger partial charge is 0.326 e. The number of urea groups is 1. The SMILES string of the molecule is CC(C)CC(=O)Nc1ccc(C(=O)CN2C(=O)N[C@]3(CCCC[C@@H]3C)C2=O)cc1. The predicted molar refractivity (Wildman–Crippen MR) is 109 cm³/mol. The number of rotatable bonds is 6. The lowest BCUT2D eigenvalue weighted by Crippen LogP contribution is -2.54. The molecule has 1 spiro atoms. The second-order valence-corrected chi connectivity index (χ2v) is 8.59. The van der Waals surface area contributed by atoms with Crippen LogP contribution in [0.4, 0.5) is 10.5 Å². The number of carbonyl (C=O) groups is 4. The standard InChI is InChI=1S/C22H29N3O4/c1-14(2)12-19(27)23-17-9-7-16(8-10-17)18(26)13-25-20(28)22(24-21(25)29)11-5-4-6-15(22)3/h7-10,14-15H,4-6,11-13H2,1-3H3,(H,23,27)(H,24,29)/t15-,22-/m0/s1. The molecule has 0 aromatic heterocycles. The number of carbonyl (C=O) groups excluding carboxylic acids is 4. The van der Waals surface area contributed by atoms with Gasteiger partial charge in [-0.1, -0.05) is 33.6 Å². The van der Waals surface area contributed by atoms with Crippen molar-refractivity contribution in [2.24, 2.45) is 11.8 Å². The van der Waals surface area contributed by atoms with E-state index in [1.807, 2.05) is 20.8 Å². The maximum atomic E-state index is 13.0. The summed E-state index contributed by atoms with van der Waals surface area (Å²) < 4.78 is 0. The van der Waals surface area contributed by atoms with Gasteiger partial charge in [-0.05, 0) is 48.9 Å². The number of nitrogens with one attached hydrogen (secondary N) is 2. The van der Waals surface area contributed by atoms with Crippen LogP contribution in [-0.2, 0) is 9.59 Å². The highest BCUT2D eigenvalue weighted by Gasteiger charge is 2.55. The molecule has 0 radical (unpaired) electrons. The first kappa shape index (κ1) is 21.0. The third-order valence-corrected chi connectivity index (χ3v) is 5.89. The van der Waals surface area contributed by atoms with Crippen molar-refractivity contribution in [2.75, 3.05) is 11.9 Å². The Morgan fingerprint density at radius 1 is 1.21 bits per heavy atom. The number of hydrogen-bond donors (Lipinski definition) is 2. The highest BCUT2D eigenvalue weighted by Crippen LogP contribution is 2.38. The summed E-state index contributed by atoms with van der Waals surface area (Å²) >= 11 is 0. The minimum absolute atomic E-state index is 0.0570. The monoisotopic (exact) mass is 399 g/mol. The topological polar surface area (TPSA) is 95.6 Å². The zero-order chi connectivity index (χ0) is 21.2. The number of hydrogen-bond acceptors (Lipinski definition) is 4. The van der Waals surface area contributed by atoms with Gasteiger partial charge in [0.15, 0.2) is 5.78 Å². The summed E-state index contributed by atoms with van der Waals surface area (Å²) in [6, 6.07) is 6.02. The van der Waals surface area contributed by atoms with Crippen LogP contribution in [-0.4, -0.2) is 40.6 Å². The quantitative estimate of drug-likeness (QED) is 0.566. The van der Waals surface area contributed by atoms with Gasteiger partial charge in [0.1, 0.15) is 5.54 Å². The van der Waals surface area contributed by atoms with Crippen LogP contribution in [0.2, 0.25) is 0 Å². The third kappa shape index (κ3) is 4.33. The lowest BCUT2D eigenvalue weighted by molar-refractivity contribution is -0.133. The first-order valence-electron chi connectivity index (χ1n) is 10.3. The van der Waals surface area contributed by atoms with Crippen molar-refractivity contribution >= 4 is 29.3 Å². The molecule has 29 heavy (non-hydrogen) atoms. The van der Waals surface area contributed by atoms with E-state index in [9.17, 15) is 19.2 Å². The zero-order valence-corrected chi connectivity index (χ0v) is 17.3. The second kappa shape index (κ2) is 8.35. The van der Waals surface area contributed by atoms with E-state index in [0.29, 0.717) is 24.1 Å². The maximum Gasteiger partial charge on any atom is 0.325 e. The van der Waals surface area contributed by atoms with E-state index in [2.05, 4.69) is 10.6 Å². The van der Waals surface area contributed by atoms with E-state index >= 15 is 0 Å². The molecule has 2 fully saturated rings. The first-order chi connectivity index (χ1) is 13.7. The number of nitrogens with zero attached hydrogens (tertiary/aromatic N) is 1. The minimum atomic E-state index is -0.861. The van der Waals surface area contributed by atoms with Crippen molar-refractivity contribution in [1.29, 1.82) is 0 Å². The predicted octanol–water partition coefficient (Wildman–Crippen LogP) is 3.35. The summed E-state index contributed by atoms with van der Waals surface area (Å²) in [6.07, 6.45) is 3.87. The fraction of sp³-hybridized carbons (Fsp3) is 0.545. The van der Waals surface area contributed by atoms with Crippen molar-refractivity contribution < 1.29 is 19.2 Å². The Bertz CT molecular complexity index is 818. The molecule has 7 nitrogen and oxygen atoms in total. The number of Topliss-reactive ketones (excluding diaryl/α,β-unsaturated/α-hetero) is 1. The lowest BCUT2D eigenvalue weighted by Gasteiger charge is -2.36. The molecule has 1 aromatic rings. The van der Waals surface area contributed by atoms with E-state index < -0.39 is 11.6 Å². The molecule has 156 valence electrons. The first-order valence-corrected chi connectivity index (χ1v) is 10.3. The van der Waals surface area contributed by atoms with Crippen LogP contribution >= 0.6 is 0 Å². The van der Waals surface area contributed by atoms with Gasteiger partial charge >= 0.3 is 6.03 Å². The molecule has 0 unspecified atom stereocenters. The maximum absolute atomic E-state index is 13.0. The number of ketones is 1. The van der Waals surface area contributed by atoms with Crippen LogP contribution in [0.5, 0.6) is 0 Å². The summed E-state index contributed by atoms with van der Waals surface area (Å²) in [4.78, 5) is 51.0. The molecular weight excluding hydrogens is 370 g/mol. The highest BCUT2D eigenvalue weighted by molar-refractivity contribution is 6.11. The van der Waals surface area contributed by atoms with Crippen molar-refractivity contribution in [3.63, 3.8) is 0 Å². The Labute approximate surface area is 171 Å². The van der Waals surface area contributed by atoms with Crippen LogP contribution < -0.4 is 10.6 Å². The molecule has 1 aliphatic carbocycles. The van der Waals surface area contributed by atoms with Crippen LogP contribution in [0.1, 0.15) is 63.2 Å². The van der Waals surface area contributed by atoms with Crippen LogP contribution in [0, 0.1) is 11.8 Å². The van der Waals surface area contributed by atoms with E-state index in [-0.39, 0.29) is 36.0 Å². The van der Waals surface area contributed by atoms with Gasteiger partial charge in [0.2, 0.25) is 5.91 Å². The Morgan fingerprint density at radius 2 is 1.90 bits per heavy atom. The number of anilines is 1. The molecule has 1 heterocycles. The molecule has 7 heteroatoms. The Morgan fingerprint density at radius 3 is 2.52 bits per heavy atom. The van der Waals surface area contributed by atoms with E-state index in [1.54, 1.807) is 24.3 Å². The highest BCUT2D eigenvalue weighted by atomic mass is 16.2. The van der Waals surface area contributed by atoms with Crippen molar-refractivity contribution in [2.45, 2.75) is 58.4 Å². The van der Waals surface area contributed by atoms with Crippen molar-refractivity contribution in [1.82, 2.24) is 10.2 Å². The van der Waals surface area contributed by atoms with Gasteiger partial charge in [-0.25, -0.2) is 4.79 Å². The zero-order valence-electron chi connectivity index (χ0n) is 17.3. The van der Waals surface area contributed by atoms with Crippen LogP contribution in [0.25, 0.3) is 0 Å². The summed E-state index contributed by atoms with van der Waals surface area (Å²) in [6.45, 7) is 5.64. The van der Waals surface area contributed by atoms with Crippen LogP contribution in [0.3, 0.4) is 0 Å². The Hall–Kier alpha value is -2.70. The summed E-state index contributed by atoms with van der Waals surface area (Å²) in [5.74, 6) is -0.364. The molecule has 3 rings (SSSR count). The molecule has 1 saturated heterocycles. The van der Waals surface area contributed by atoms with Gasteiger partial charge in [0, 0.05) is 17.7 Å². The molecule has 1 aliphatic heterocycles. The fourth-order valence-electron chi connectivity index (χ4n) is 4.20. The summed E-state index contributed by atoms with van der Waals surface area (Å²) in [5.41, 5.74) is 0.141. The van der Waals surface area contributed by atoms with Crippen molar-refractivity contribution in [3.8, 4) is 0 Å². The Balaban J connectivity index is 1.65. The fourth-order valence-corrected chi connectivity index (χ4v) is 4.20. The van der Waals surface area contributed by atoms with E-state index in [4.69, 9.17) is 0 Å². The van der Waals surface area contributed by atoms with Gasteiger partial charge in [-0.3, -0.25) is 19.3 Å². The normalized spacial score (nSPS) is 24.1. The van der Waals surface area contributed by atoms with E-state index in [0.717, 1.165) is 24.2 Å². The molecule has 2 atom stereocenters. The Kier molecular flexibility index (Phi) is 6.05. The van der Waals surface area contributed by atoms with Gasteiger partial charge in [-0.2, -0.15) is 0 Å². The van der Waals surface area contributed by atoms with Gasteiger partial charge in [0.05, 0.1) is 6.54 Å². The van der Waals surface area contributed by atoms with E-state index in [1.165, 1.54) is 0 Å². The number of amides is 4. The summed E-state index contributed by atoms with van der Waals surface area (Å²) in [5, 5.41) is 5.65. The molecule has 2 N–H and O–H groups in total. The van der Waals surface area contributed by atoms with Gasteiger partial charge in [-0.15, -0.1) is 0 Å². The smallest absolute Gasteiger partial charge is 0.325 e.